The second kappa shape index (κ2) is 13.8. The number of anilines is 1. The van der Waals surface area contributed by atoms with Crippen LogP contribution in [0, 0.1) is 26.7 Å². The Morgan fingerprint density at radius 1 is 1.00 bits per heavy atom. The van der Waals surface area contributed by atoms with Gasteiger partial charge in [0, 0.05) is 6.54 Å². The Bertz CT molecular complexity index is 1150. The third-order valence-electron chi connectivity index (χ3n) is 6.61. The van der Waals surface area contributed by atoms with Crippen molar-refractivity contribution in [1.82, 2.24) is 10.2 Å². The van der Waals surface area contributed by atoms with Gasteiger partial charge in [-0.05, 0) is 82.2 Å². The van der Waals surface area contributed by atoms with Crippen LogP contribution < -0.4 is 10.6 Å². The Morgan fingerprint density at radius 3 is 2.18 bits per heavy atom. The topological polar surface area (TPSA) is 87.7 Å². The Hall–Kier alpha value is -3.06. The van der Waals surface area contributed by atoms with Gasteiger partial charge < -0.3 is 20.3 Å². The monoisotopic (exact) mass is 557 g/mol. The number of ether oxygens (including phenoxy) is 1. The molecule has 3 amide bonds. The number of benzene rings is 2. The number of rotatable bonds is 10. The molecule has 2 unspecified atom stereocenters. The molecule has 7 nitrogen and oxygen atoms in total. The van der Waals surface area contributed by atoms with Gasteiger partial charge in [0.1, 0.15) is 17.7 Å². The van der Waals surface area contributed by atoms with E-state index in [-0.39, 0.29) is 17.7 Å². The maximum atomic E-state index is 14.2. The van der Waals surface area contributed by atoms with E-state index in [0.29, 0.717) is 23.7 Å². The molecule has 0 aliphatic heterocycles. The summed E-state index contributed by atoms with van der Waals surface area (Å²) in [5.74, 6) is -0.965. The Morgan fingerprint density at radius 2 is 1.62 bits per heavy atom. The summed E-state index contributed by atoms with van der Waals surface area (Å²) in [4.78, 5) is 42.7. The maximum absolute atomic E-state index is 14.2. The fraction of sp³-hybridized carbons (Fsp3) is 0.516. The van der Waals surface area contributed by atoms with Crippen molar-refractivity contribution in [3.63, 3.8) is 0 Å². The van der Waals surface area contributed by atoms with Gasteiger partial charge in [0.25, 0.3) is 5.91 Å². The fourth-order valence-corrected chi connectivity index (χ4v) is 4.59. The number of nitrogens with zero attached hydrogens (tertiary/aromatic N) is 1. The number of para-hydroxylation sites is 1. The average Bonchev–Trinajstić information content (AvgIpc) is 2.83. The lowest BCUT2D eigenvalue weighted by molar-refractivity contribution is -0.141. The van der Waals surface area contributed by atoms with Gasteiger partial charge in [-0.25, -0.2) is 4.79 Å². The second-order valence-corrected chi connectivity index (χ2v) is 11.8. The number of halogens is 1. The molecule has 2 aromatic rings. The van der Waals surface area contributed by atoms with Gasteiger partial charge in [0.15, 0.2) is 0 Å². The van der Waals surface area contributed by atoms with Gasteiger partial charge >= 0.3 is 6.09 Å². The molecular weight excluding hydrogens is 514 g/mol. The highest BCUT2D eigenvalue weighted by Crippen LogP contribution is 2.32. The molecule has 0 saturated heterocycles. The summed E-state index contributed by atoms with van der Waals surface area (Å²) in [6, 6.07) is 9.32. The van der Waals surface area contributed by atoms with E-state index in [1.807, 2.05) is 71.9 Å². The largest absolute Gasteiger partial charge is 0.444 e. The van der Waals surface area contributed by atoms with Gasteiger partial charge in [0.05, 0.1) is 10.7 Å². The molecule has 0 bridgehead atoms. The number of hydrogen-bond donors (Lipinski definition) is 2. The summed E-state index contributed by atoms with van der Waals surface area (Å²) in [6.07, 6.45) is 0.827. The molecule has 0 aliphatic carbocycles. The molecule has 39 heavy (non-hydrogen) atoms. The maximum Gasteiger partial charge on any atom is 0.408 e. The van der Waals surface area contributed by atoms with Crippen molar-refractivity contribution in [2.45, 2.75) is 92.8 Å². The number of hydrogen-bond acceptors (Lipinski definition) is 4. The highest BCUT2D eigenvalue weighted by atomic mass is 35.5. The van der Waals surface area contributed by atoms with Gasteiger partial charge in [-0.1, -0.05) is 69.1 Å². The van der Waals surface area contributed by atoms with Crippen molar-refractivity contribution in [3.05, 3.63) is 63.7 Å². The Labute approximate surface area is 238 Å². The summed E-state index contributed by atoms with van der Waals surface area (Å²) in [7, 11) is 0. The van der Waals surface area contributed by atoms with E-state index in [0.717, 1.165) is 28.7 Å². The van der Waals surface area contributed by atoms with E-state index in [1.165, 1.54) is 0 Å². The summed E-state index contributed by atoms with van der Waals surface area (Å²) in [6.45, 7) is 17.2. The lowest BCUT2D eigenvalue weighted by atomic mass is 9.93. The van der Waals surface area contributed by atoms with E-state index >= 15 is 0 Å². The van der Waals surface area contributed by atoms with Gasteiger partial charge in [-0.15, -0.1) is 0 Å². The first kappa shape index (κ1) is 32.2. The zero-order chi connectivity index (χ0) is 29.5. The molecule has 0 radical (unpaired) electrons. The van der Waals surface area contributed by atoms with E-state index in [2.05, 4.69) is 10.6 Å². The SMILES string of the molecule is CCCCN(C(=O)C(NC(=O)OC(C)(C)C)C(C)C)C(C(=O)Nc1c(C)cccc1Cl)c1cccc(C)c1C. The number of amides is 3. The van der Waals surface area contributed by atoms with Crippen LogP contribution in [-0.4, -0.2) is 41.0 Å². The number of nitrogens with one attached hydrogen (secondary N) is 2. The third-order valence-corrected chi connectivity index (χ3v) is 6.93. The Balaban J connectivity index is 2.62. The predicted octanol–water partition coefficient (Wildman–Crippen LogP) is 7.12. The molecule has 8 heteroatoms. The summed E-state index contributed by atoms with van der Waals surface area (Å²) in [5.41, 5.74) is 3.26. The zero-order valence-corrected chi connectivity index (χ0v) is 25.5. The van der Waals surface area contributed by atoms with Crippen LogP contribution in [0.4, 0.5) is 10.5 Å². The van der Waals surface area contributed by atoms with E-state index in [1.54, 1.807) is 31.7 Å². The number of unbranched alkanes of at least 4 members (excludes halogenated alkanes) is 1. The minimum absolute atomic E-state index is 0.248. The minimum Gasteiger partial charge on any atom is -0.444 e. The number of alkyl carbamates (subject to hydrolysis) is 1. The lowest BCUT2D eigenvalue weighted by Gasteiger charge is -2.36. The minimum atomic E-state index is -0.943. The van der Waals surface area contributed by atoms with Crippen molar-refractivity contribution < 1.29 is 19.1 Å². The fourth-order valence-electron chi connectivity index (χ4n) is 4.32. The van der Waals surface area contributed by atoms with Gasteiger partial charge in [0.2, 0.25) is 5.91 Å². The van der Waals surface area contributed by atoms with Crippen LogP contribution in [0.15, 0.2) is 36.4 Å². The first-order valence-electron chi connectivity index (χ1n) is 13.6. The zero-order valence-electron chi connectivity index (χ0n) is 24.8. The van der Waals surface area contributed by atoms with E-state index in [9.17, 15) is 14.4 Å². The molecular formula is C31H44ClN3O4. The smallest absolute Gasteiger partial charge is 0.408 e. The average molecular weight is 558 g/mol. The van der Waals surface area contributed by atoms with Crippen molar-refractivity contribution in [1.29, 1.82) is 0 Å². The molecule has 2 N–H and O–H groups in total. The van der Waals surface area contributed by atoms with Crippen molar-refractivity contribution in [2.75, 3.05) is 11.9 Å². The number of aryl methyl sites for hydroxylation is 2. The third kappa shape index (κ3) is 8.72. The number of carbonyl (C=O) groups is 3. The Kier molecular flexibility index (Phi) is 11.4. The van der Waals surface area contributed by atoms with Crippen LogP contribution in [0.2, 0.25) is 5.02 Å². The molecule has 2 atom stereocenters. The van der Waals surface area contributed by atoms with Crippen LogP contribution in [0.5, 0.6) is 0 Å². The molecule has 0 saturated carbocycles. The standard InChI is InChI=1S/C31H44ClN3O4/c1-10-11-18-35(29(37)25(19(2)3)34-30(38)39-31(7,8)9)27(23-16-12-14-20(4)22(23)6)28(36)33-26-21(5)15-13-17-24(26)32/h12-17,19,25,27H,10-11,18H2,1-9H3,(H,33,36)(H,34,38). The van der Waals surface area contributed by atoms with Crippen molar-refractivity contribution in [2.24, 2.45) is 5.92 Å². The van der Waals surface area contributed by atoms with Gasteiger partial charge in [-0.2, -0.15) is 0 Å². The first-order chi connectivity index (χ1) is 18.2. The molecule has 2 rings (SSSR count). The molecule has 2 aromatic carbocycles. The predicted molar refractivity (Wildman–Crippen MR) is 158 cm³/mol. The van der Waals surface area contributed by atoms with E-state index in [4.69, 9.17) is 16.3 Å². The second-order valence-electron chi connectivity index (χ2n) is 11.4. The van der Waals surface area contributed by atoms with E-state index < -0.39 is 23.8 Å². The lowest BCUT2D eigenvalue weighted by Crippen LogP contribution is -2.54. The molecule has 0 aromatic heterocycles. The molecule has 0 fully saturated rings. The van der Waals surface area contributed by atoms with Crippen LogP contribution in [0.3, 0.4) is 0 Å². The summed E-state index contributed by atoms with van der Waals surface area (Å²) >= 11 is 6.45. The number of carbonyl (C=O) groups excluding carboxylic acids is 3. The molecule has 0 heterocycles. The molecule has 0 aliphatic rings. The van der Waals surface area contributed by atoms with Crippen LogP contribution in [0.25, 0.3) is 0 Å². The normalized spacial score (nSPS) is 13.0. The molecule has 214 valence electrons. The van der Waals surface area contributed by atoms with Crippen molar-refractivity contribution in [3.8, 4) is 0 Å². The highest BCUT2D eigenvalue weighted by molar-refractivity contribution is 6.34. The van der Waals surface area contributed by atoms with Crippen molar-refractivity contribution >= 4 is 35.2 Å². The first-order valence-corrected chi connectivity index (χ1v) is 14.0. The molecule has 0 spiro atoms. The summed E-state index contributed by atoms with van der Waals surface area (Å²) < 4.78 is 5.45. The van der Waals surface area contributed by atoms with Crippen LogP contribution in [0.1, 0.15) is 82.7 Å². The van der Waals surface area contributed by atoms with Gasteiger partial charge in [-0.3, -0.25) is 9.59 Å². The highest BCUT2D eigenvalue weighted by Gasteiger charge is 2.38. The quantitative estimate of drug-likeness (QED) is 0.325. The van der Waals surface area contributed by atoms with Crippen LogP contribution >= 0.6 is 11.6 Å². The summed E-state index contributed by atoms with van der Waals surface area (Å²) in [5, 5.41) is 6.18. The van der Waals surface area contributed by atoms with Crippen LogP contribution in [-0.2, 0) is 14.3 Å².